The Hall–Kier alpha value is -0.870. The zero-order valence-electron chi connectivity index (χ0n) is 7.70. The number of aliphatic carboxylic acids is 1. The second-order valence-corrected chi connectivity index (χ2v) is 3.53. The number of hydrogen-bond donors (Lipinski definition) is 2. The molecule has 1 heterocycles. The Morgan fingerprint density at radius 1 is 1.69 bits per heavy atom. The number of carbonyl (C=O) groups is 1. The summed E-state index contributed by atoms with van der Waals surface area (Å²) in [5, 5.41) is 8.61. The van der Waals surface area contributed by atoms with Gasteiger partial charge in [-0.25, -0.2) is 4.79 Å². The summed E-state index contributed by atoms with van der Waals surface area (Å²) < 4.78 is 0. The van der Waals surface area contributed by atoms with Crippen molar-refractivity contribution in [3.05, 3.63) is 12.2 Å². The molecule has 0 spiro atoms. The fourth-order valence-electron chi connectivity index (χ4n) is 1.59. The van der Waals surface area contributed by atoms with Crippen LogP contribution in [-0.4, -0.2) is 42.2 Å². The maximum atomic E-state index is 10.5. The summed E-state index contributed by atoms with van der Waals surface area (Å²) in [6.07, 6.45) is 1.07. The summed E-state index contributed by atoms with van der Waals surface area (Å²) in [6, 6.07) is 0. The monoisotopic (exact) mass is 184 g/mol. The number of carboxylic acids is 1. The Labute approximate surface area is 78.0 Å². The van der Waals surface area contributed by atoms with E-state index in [0.717, 1.165) is 19.5 Å². The molecule has 0 aromatic heterocycles. The quantitative estimate of drug-likeness (QED) is 0.599. The average molecular weight is 184 g/mol. The molecule has 1 aliphatic rings. The van der Waals surface area contributed by atoms with E-state index in [1.54, 1.807) is 0 Å². The summed E-state index contributed by atoms with van der Waals surface area (Å²) in [5.41, 5.74) is 5.78. The molecule has 1 fully saturated rings. The molecule has 1 aliphatic heterocycles. The smallest absolute Gasteiger partial charge is 0.332 e. The van der Waals surface area contributed by atoms with E-state index < -0.39 is 5.97 Å². The van der Waals surface area contributed by atoms with Crippen molar-refractivity contribution >= 4 is 5.97 Å². The third kappa shape index (κ3) is 2.82. The number of nitrogens with two attached hydrogens (primary N) is 1. The van der Waals surface area contributed by atoms with Crippen LogP contribution in [0.5, 0.6) is 0 Å². The van der Waals surface area contributed by atoms with E-state index in [2.05, 4.69) is 11.5 Å². The van der Waals surface area contributed by atoms with Gasteiger partial charge >= 0.3 is 5.97 Å². The minimum absolute atomic E-state index is 0.262. The number of likely N-dealkylation sites (tertiary alicyclic amines) is 1. The Balaban J connectivity index is 2.32. The third-order valence-corrected chi connectivity index (χ3v) is 2.42. The normalized spacial score (nSPS) is 23.3. The van der Waals surface area contributed by atoms with Crippen molar-refractivity contribution in [3.63, 3.8) is 0 Å². The van der Waals surface area contributed by atoms with Gasteiger partial charge in [-0.2, -0.15) is 0 Å². The summed E-state index contributed by atoms with van der Waals surface area (Å²) in [7, 11) is 0. The van der Waals surface area contributed by atoms with E-state index >= 15 is 0 Å². The van der Waals surface area contributed by atoms with Crippen molar-refractivity contribution in [2.45, 2.75) is 6.42 Å². The van der Waals surface area contributed by atoms with Crippen LogP contribution in [0.4, 0.5) is 0 Å². The SMILES string of the molecule is C=C(CN1CCC(CN)C1)C(=O)O. The van der Waals surface area contributed by atoms with Crippen LogP contribution in [0.2, 0.25) is 0 Å². The Morgan fingerprint density at radius 3 is 2.85 bits per heavy atom. The molecule has 0 radical (unpaired) electrons. The van der Waals surface area contributed by atoms with Gasteiger partial charge in [-0.05, 0) is 25.4 Å². The molecule has 0 bridgehead atoms. The first-order valence-electron chi connectivity index (χ1n) is 4.47. The maximum Gasteiger partial charge on any atom is 0.332 e. The molecule has 4 heteroatoms. The van der Waals surface area contributed by atoms with Crippen LogP contribution in [-0.2, 0) is 4.79 Å². The van der Waals surface area contributed by atoms with Gasteiger partial charge in [0.05, 0.1) is 0 Å². The minimum atomic E-state index is -0.906. The molecule has 1 unspecified atom stereocenters. The first kappa shape index (κ1) is 10.2. The summed E-state index contributed by atoms with van der Waals surface area (Å²) in [5.74, 6) is -0.377. The summed E-state index contributed by atoms with van der Waals surface area (Å²) in [6.45, 7) is 6.49. The van der Waals surface area contributed by atoms with Crippen LogP contribution >= 0.6 is 0 Å². The number of rotatable bonds is 4. The number of nitrogens with zero attached hydrogens (tertiary/aromatic N) is 1. The molecule has 0 aromatic rings. The van der Waals surface area contributed by atoms with Gasteiger partial charge in [-0.1, -0.05) is 6.58 Å². The van der Waals surface area contributed by atoms with Crippen LogP contribution in [0.15, 0.2) is 12.2 Å². The molecule has 1 atom stereocenters. The van der Waals surface area contributed by atoms with Crippen LogP contribution in [0, 0.1) is 5.92 Å². The fourth-order valence-corrected chi connectivity index (χ4v) is 1.59. The molecule has 4 nitrogen and oxygen atoms in total. The molecule has 0 amide bonds. The second kappa shape index (κ2) is 4.39. The van der Waals surface area contributed by atoms with Crippen LogP contribution in [0.3, 0.4) is 0 Å². The number of carboxylic acid groups (broad SMARTS) is 1. The third-order valence-electron chi connectivity index (χ3n) is 2.42. The van der Waals surface area contributed by atoms with E-state index in [4.69, 9.17) is 10.8 Å². The van der Waals surface area contributed by atoms with Gasteiger partial charge in [0.15, 0.2) is 0 Å². The molecule has 1 rings (SSSR count). The van der Waals surface area contributed by atoms with Crippen LogP contribution in [0.1, 0.15) is 6.42 Å². The van der Waals surface area contributed by atoms with E-state index in [0.29, 0.717) is 19.0 Å². The average Bonchev–Trinajstić information content (AvgIpc) is 2.52. The lowest BCUT2D eigenvalue weighted by Gasteiger charge is -2.14. The van der Waals surface area contributed by atoms with Gasteiger partial charge in [0.1, 0.15) is 0 Å². The highest BCUT2D eigenvalue weighted by molar-refractivity contribution is 5.86. The van der Waals surface area contributed by atoms with Gasteiger partial charge in [0, 0.05) is 18.7 Å². The van der Waals surface area contributed by atoms with E-state index in [-0.39, 0.29) is 5.57 Å². The van der Waals surface area contributed by atoms with Gasteiger partial charge in [-0.3, -0.25) is 4.90 Å². The molecule has 74 valence electrons. The second-order valence-electron chi connectivity index (χ2n) is 3.53. The Kier molecular flexibility index (Phi) is 3.45. The van der Waals surface area contributed by atoms with Gasteiger partial charge < -0.3 is 10.8 Å². The highest BCUT2D eigenvalue weighted by Crippen LogP contribution is 2.15. The van der Waals surface area contributed by atoms with Gasteiger partial charge in [-0.15, -0.1) is 0 Å². The molecule has 0 aromatic carbocycles. The molecular formula is C9H16N2O2. The van der Waals surface area contributed by atoms with E-state index in [1.807, 2.05) is 0 Å². The van der Waals surface area contributed by atoms with Crippen LogP contribution < -0.4 is 5.73 Å². The van der Waals surface area contributed by atoms with Crippen molar-refractivity contribution in [3.8, 4) is 0 Å². The van der Waals surface area contributed by atoms with Crippen molar-refractivity contribution in [1.82, 2.24) is 4.90 Å². The lowest BCUT2D eigenvalue weighted by atomic mass is 10.1. The lowest BCUT2D eigenvalue weighted by molar-refractivity contribution is -0.132. The topological polar surface area (TPSA) is 66.6 Å². The van der Waals surface area contributed by atoms with Crippen LogP contribution in [0.25, 0.3) is 0 Å². The zero-order chi connectivity index (χ0) is 9.84. The summed E-state index contributed by atoms with van der Waals surface area (Å²) >= 11 is 0. The van der Waals surface area contributed by atoms with Gasteiger partial charge in [0.25, 0.3) is 0 Å². The molecule has 0 saturated carbocycles. The summed E-state index contributed by atoms with van der Waals surface area (Å²) in [4.78, 5) is 12.6. The fraction of sp³-hybridized carbons (Fsp3) is 0.667. The predicted octanol–water partition coefficient (Wildman–Crippen LogP) is -0.0922. The highest BCUT2D eigenvalue weighted by atomic mass is 16.4. The lowest BCUT2D eigenvalue weighted by Crippen LogP contribution is -2.26. The Morgan fingerprint density at radius 2 is 2.38 bits per heavy atom. The molecule has 13 heavy (non-hydrogen) atoms. The van der Waals surface area contributed by atoms with Crippen molar-refractivity contribution < 1.29 is 9.90 Å². The molecular weight excluding hydrogens is 168 g/mol. The maximum absolute atomic E-state index is 10.5. The largest absolute Gasteiger partial charge is 0.478 e. The van der Waals surface area contributed by atoms with Crippen molar-refractivity contribution in [1.29, 1.82) is 0 Å². The Bertz CT molecular complexity index is 216. The standard InChI is InChI=1S/C9H16N2O2/c1-7(9(12)13)5-11-3-2-8(4-10)6-11/h8H,1-6,10H2,(H,12,13). The zero-order valence-corrected chi connectivity index (χ0v) is 7.70. The van der Waals surface area contributed by atoms with Gasteiger partial charge in [0.2, 0.25) is 0 Å². The van der Waals surface area contributed by atoms with E-state index in [1.165, 1.54) is 0 Å². The first-order chi connectivity index (χ1) is 6.13. The first-order valence-corrected chi connectivity index (χ1v) is 4.47. The molecule has 3 N–H and O–H groups in total. The van der Waals surface area contributed by atoms with Crippen molar-refractivity contribution in [2.75, 3.05) is 26.2 Å². The number of hydrogen-bond acceptors (Lipinski definition) is 3. The predicted molar refractivity (Wildman–Crippen MR) is 50.4 cm³/mol. The van der Waals surface area contributed by atoms with E-state index in [9.17, 15) is 4.79 Å². The minimum Gasteiger partial charge on any atom is -0.478 e. The van der Waals surface area contributed by atoms with Crippen molar-refractivity contribution in [2.24, 2.45) is 11.7 Å². The molecule has 0 aliphatic carbocycles. The highest BCUT2D eigenvalue weighted by Gasteiger charge is 2.22. The molecule has 1 saturated heterocycles.